The van der Waals surface area contributed by atoms with E-state index < -0.39 is 0 Å². The second-order valence-corrected chi connectivity index (χ2v) is 13.9. The molecule has 46 heavy (non-hydrogen) atoms. The van der Waals surface area contributed by atoms with Crippen LogP contribution in [0, 0.1) is 0 Å². The smallest absolute Gasteiger partial charge is 0.219 e. The first-order valence-electron chi connectivity index (χ1n) is 19.8. The van der Waals surface area contributed by atoms with Crippen molar-refractivity contribution in [2.24, 2.45) is 0 Å². The van der Waals surface area contributed by atoms with Crippen LogP contribution in [0.2, 0.25) is 0 Å². The van der Waals surface area contributed by atoms with E-state index in [4.69, 9.17) is 9.47 Å². The van der Waals surface area contributed by atoms with E-state index in [0.29, 0.717) is 50.3 Å². The molecule has 2 heterocycles. The molecule has 0 bridgehead atoms. The molecule has 0 aromatic rings. The SMILES string of the molecule is CCCCCC1OC1C/C=C/CCCCCCCC(=O)NCCCCNC(=O)CCCCCCC/C=C/CC1OC1CCCCC. The van der Waals surface area contributed by atoms with Crippen LogP contribution in [-0.2, 0) is 19.1 Å². The highest BCUT2D eigenvalue weighted by molar-refractivity contribution is 5.76. The quantitative estimate of drug-likeness (QED) is 0.0423. The van der Waals surface area contributed by atoms with E-state index in [9.17, 15) is 9.59 Å². The molecular formula is C40H72N2O4. The molecule has 6 heteroatoms. The molecule has 2 saturated heterocycles. The Labute approximate surface area is 283 Å². The number of nitrogens with one attached hydrogen (secondary N) is 2. The van der Waals surface area contributed by atoms with Crippen molar-refractivity contribution in [3.8, 4) is 0 Å². The molecule has 266 valence electrons. The maximum atomic E-state index is 12.1. The maximum Gasteiger partial charge on any atom is 0.219 e. The molecule has 4 unspecified atom stereocenters. The summed E-state index contributed by atoms with van der Waals surface area (Å²) in [4.78, 5) is 24.1. The van der Waals surface area contributed by atoms with Crippen molar-refractivity contribution < 1.29 is 19.1 Å². The van der Waals surface area contributed by atoms with Crippen molar-refractivity contribution in [2.45, 2.75) is 205 Å². The maximum absolute atomic E-state index is 12.1. The van der Waals surface area contributed by atoms with Crippen LogP contribution in [0.5, 0.6) is 0 Å². The summed E-state index contributed by atoms with van der Waals surface area (Å²) in [5, 5.41) is 6.07. The lowest BCUT2D eigenvalue weighted by Gasteiger charge is -2.07. The lowest BCUT2D eigenvalue weighted by atomic mass is 10.1. The topological polar surface area (TPSA) is 83.3 Å². The molecule has 6 nitrogen and oxygen atoms in total. The fraction of sp³-hybridized carbons (Fsp3) is 0.850. The molecule has 2 aliphatic rings. The van der Waals surface area contributed by atoms with Crippen molar-refractivity contribution in [3.05, 3.63) is 24.3 Å². The third-order valence-corrected chi connectivity index (χ3v) is 9.43. The Morgan fingerprint density at radius 1 is 0.478 bits per heavy atom. The van der Waals surface area contributed by atoms with E-state index in [1.165, 1.54) is 89.9 Å². The average molecular weight is 645 g/mol. The van der Waals surface area contributed by atoms with Crippen molar-refractivity contribution in [1.82, 2.24) is 10.6 Å². The molecule has 2 aliphatic heterocycles. The summed E-state index contributed by atoms with van der Waals surface area (Å²) in [5.74, 6) is 0.329. The van der Waals surface area contributed by atoms with Gasteiger partial charge in [-0.15, -0.1) is 0 Å². The van der Waals surface area contributed by atoms with Crippen LogP contribution in [0.15, 0.2) is 24.3 Å². The van der Waals surface area contributed by atoms with Gasteiger partial charge in [0, 0.05) is 25.9 Å². The van der Waals surface area contributed by atoms with Gasteiger partial charge in [-0.25, -0.2) is 0 Å². The predicted octanol–water partition coefficient (Wildman–Crippen LogP) is 10.0. The molecule has 0 aliphatic carbocycles. The van der Waals surface area contributed by atoms with Crippen LogP contribution in [0.1, 0.15) is 181 Å². The first kappa shape index (κ1) is 40.5. The van der Waals surface area contributed by atoms with Crippen molar-refractivity contribution >= 4 is 11.8 Å². The zero-order valence-corrected chi connectivity index (χ0v) is 30.1. The summed E-state index contributed by atoms with van der Waals surface area (Å²) < 4.78 is 11.5. The van der Waals surface area contributed by atoms with Gasteiger partial charge in [0.2, 0.25) is 11.8 Å². The van der Waals surface area contributed by atoms with Gasteiger partial charge in [0.15, 0.2) is 0 Å². The van der Waals surface area contributed by atoms with Crippen LogP contribution in [-0.4, -0.2) is 49.3 Å². The highest BCUT2D eigenvalue weighted by Gasteiger charge is 2.37. The minimum Gasteiger partial charge on any atom is -0.369 e. The Kier molecular flexibility index (Phi) is 25.0. The zero-order chi connectivity index (χ0) is 32.9. The summed E-state index contributed by atoms with van der Waals surface area (Å²) in [6, 6.07) is 0. The van der Waals surface area contributed by atoms with E-state index in [1.54, 1.807) is 0 Å². The minimum absolute atomic E-state index is 0.164. The van der Waals surface area contributed by atoms with E-state index in [2.05, 4.69) is 48.8 Å². The highest BCUT2D eigenvalue weighted by Crippen LogP contribution is 2.31. The molecule has 0 spiro atoms. The predicted molar refractivity (Wildman–Crippen MR) is 193 cm³/mol. The fourth-order valence-electron chi connectivity index (χ4n) is 6.21. The number of ether oxygens (including phenoxy) is 2. The Hall–Kier alpha value is -1.66. The first-order chi connectivity index (χ1) is 22.6. The van der Waals surface area contributed by atoms with Gasteiger partial charge in [0.05, 0.1) is 24.4 Å². The number of carbonyl (C=O) groups excluding carboxylic acids is 2. The highest BCUT2D eigenvalue weighted by atomic mass is 16.6. The van der Waals surface area contributed by atoms with E-state index in [-0.39, 0.29) is 11.8 Å². The number of amides is 2. The number of allylic oxidation sites excluding steroid dienone is 2. The third-order valence-electron chi connectivity index (χ3n) is 9.43. The van der Waals surface area contributed by atoms with Crippen LogP contribution in [0.3, 0.4) is 0 Å². The Balaban J connectivity index is 1.23. The summed E-state index contributed by atoms with van der Waals surface area (Å²) in [6.07, 6.45) is 40.7. The largest absolute Gasteiger partial charge is 0.369 e. The van der Waals surface area contributed by atoms with E-state index >= 15 is 0 Å². The van der Waals surface area contributed by atoms with Crippen molar-refractivity contribution in [1.29, 1.82) is 0 Å². The zero-order valence-electron chi connectivity index (χ0n) is 30.1. The van der Waals surface area contributed by atoms with E-state index in [1.807, 2.05) is 0 Å². The molecule has 0 aromatic carbocycles. The number of hydrogen-bond acceptors (Lipinski definition) is 4. The first-order valence-corrected chi connectivity index (χ1v) is 19.8. The monoisotopic (exact) mass is 645 g/mol. The molecule has 0 aromatic heterocycles. The Bertz CT molecular complexity index is 747. The van der Waals surface area contributed by atoms with Crippen molar-refractivity contribution in [2.75, 3.05) is 13.1 Å². The number of carbonyl (C=O) groups is 2. The van der Waals surface area contributed by atoms with Crippen molar-refractivity contribution in [3.63, 3.8) is 0 Å². The fourth-order valence-corrected chi connectivity index (χ4v) is 6.21. The Morgan fingerprint density at radius 2 is 0.891 bits per heavy atom. The summed E-state index contributed by atoms with van der Waals surface area (Å²) in [5.41, 5.74) is 0. The third kappa shape index (κ3) is 23.6. The second-order valence-electron chi connectivity index (χ2n) is 13.9. The second kappa shape index (κ2) is 28.4. The lowest BCUT2D eigenvalue weighted by molar-refractivity contribution is -0.122. The van der Waals surface area contributed by atoms with Gasteiger partial charge < -0.3 is 20.1 Å². The van der Waals surface area contributed by atoms with Crippen LogP contribution < -0.4 is 10.6 Å². The molecule has 0 saturated carbocycles. The average Bonchev–Trinajstić information content (AvgIpc) is 3.98. The number of unbranched alkanes of at least 4 members (excludes halogenated alkanes) is 15. The molecule has 2 fully saturated rings. The van der Waals surface area contributed by atoms with Gasteiger partial charge in [0.25, 0.3) is 0 Å². The molecule has 2 rings (SSSR count). The summed E-state index contributed by atoms with van der Waals surface area (Å²) in [6.45, 7) is 5.90. The van der Waals surface area contributed by atoms with Gasteiger partial charge in [0.1, 0.15) is 0 Å². The minimum atomic E-state index is 0.164. The van der Waals surface area contributed by atoms with Crippen LogP contribution in [0.4, 0.5) is 0 Å². The standard InChI is InChI=1S/C40H72N2O4/c1-3-5-19-27-35-37(45-35)29-21-15-11-7-9-13-17-23-31-39(43)41-33-25-26-34-42-40(44)32-24-18-14-10-8-12-16-22-30-38-36(46-38)28-20-6-4-2/h15-16,21-22,35-38H,3-14,17-20,23-34H2,1-2H3,(H,41,43)(H,42,44)/b21-15+,22-16+. The number of hydrogen-bond donors (Lipinski definition) is 2. The Morgan fingerprint density at radius 3 is 1.33 bits per heavy atom. The van der Waals surface area contributed by atoms with Gasteiger partial charge in [-0.1, -0.05) is 115 Å². The van der Waals surface area contributed by atoms with E-state index in [0.717, 1.165) is 64.2 Å². The normalized spacial score (nSPS) is 20.5. The summed E-state index contributed by atoms with van der Waals surface area (Å²) >= 11 is 0. The van der Waals surface area contributed by atoms with Crippen LogP contribution in [0.25, 0.3) is 0 Å². The molecule has 0 radical (unpaired) electrons. The molecule has 2 N–H and O–H groups in total. The van der Waals surface area contributed by atoms with Gasteiger partial charge >= 0.3 is 0 Å². The van der Waals surface area contributed by atoms with Crippen LogP contribution >= 0.6 is 0 Å². The lowest BCUT2D eigenvalue weighted by Crippen LogP contribution is -2.27. The van der Waals surface area contributed by atoms with Gasteiger partial charge in [-0.3, -0.25) is 9.59 Å². The summed E-state index contributed by atoms with van der Waals surface area (Å²) in [7, 11) is 0. The number of rotatable bonds is 33. The molecule has 4 atom stereocenters. The van der Waals surface area contributed by atoms with Gasteiger partial charge in [-0.2, -0.15) is 0 Å². The van der Waals surface area contributed by atoms with Gasteiger partial charge in [-0.05, 0) is 77.0 Å². The molecular weight excluding hydrogens is 572 g/mol. The number of epoxide rings is 2. The molecule has 2 amide bonds.